The Morgan fingerprint density at radius 1 is 1.36 bits per heavy atom. The normalized spacial score (nSPS) is 10.0. The summed E-state index contributed by atoms with van der Waals surface area (Å²) in [7, 11) is 0. The molecule has 1 aromatic carbocycles. The molecule has 0 saturated heterocycles. The van der Waals surface area contributed by atoms with Crippen molar-refractivity contribution in [3.63, 3.8) is 0 Å². The highest BCUT2D eigenvalue weighted by atomic mass is 32.1. The SMILES string of the molecule is Oc1ccccc1OCc1cncs1. The van der Waals surface area contributed by atoms with Gasteiger partial charge in [-0.25, -0.2) is 0 Å². The van der Waals surface area contributed by atoms with Gasteiger partial charge < -0.3 is 9.84 Å². The number of rotatable bonds is 3. The maximum atomic E-state index is 9.40. The topological polar surface area (TPSA) is 42.4 Å². The summed E-state index contributed by atoms with van der Waals surface area (Å²) in [6, 6.07) is 6.91. The van der Waals surface area contributed by atoms with Gasteiger partial charge in [-0.1, -0.05) is 12.1 Å². The highest BCUT2D eigenvalue weighted by molar-refractivity contribution is 7.09. The van der Waals surface area contributed by atoms with Crippen LogP contribution in [0.2, 0.25) is 0 Å². The molecule has 0 aliphatic rings. The Hall–Kier alpha value is -1.55. The number of aromatic hydroxyl groups is 1. The first-order valence-electron chi connectivity index (χ1n) is 4.14. The molecule has 2 aromatic rings. The molecule has 72 valence electrons. The summed E-state index contributed by atoms with van der Waals surface area (Å²) in [4.78, 5) is 4.97. The van der Waals surface area contributed by atoms with Gasteiger partial charge in [-0.15, -0.1) is 11.3 Å². The number of phenolic OH excluding ortho intramolecular Hbond substituents is 1. The molecule has 0 spiro atoms. The molecular formula is C10H9NO2S. The number of nitrogens with zero attached hydrogens (tertiary/aromatic N) is 1. The Morgan fingerprint density at radius 3 is 2.93 bits per heavy atom. The van der Waals surface area contributed by atoms with Gasteiger partial charge in [-0.3, -0.25) is 4.98 Å². The number of para-hydroxylation sites is 2. The van der Waals surface area contributed by atoms with Gasteiger partial charge in [-0.05, 0) is 12.1 Å². The van der Waals surface area contributed by atoms with Crippen LogP contribution in [0.15, 0.2) is 36.0 Å². The Morgan fingerprint density at radius 2 is 2.21 bits per heavy atom. The summed E-state index contributed by atoms with van der Waals surface area (Å²) in [5, 5.41) is 9.40. The molecule has 0 bridgehead atoms. The molecule has 2 rings (SSSR count). The fourth-order valence-corrected chi connectivity index (χ4v) is 1.55. The van der Waals surface area contributed by atoms with Gasteiger partial charge in [-0.2, -0.15) is 0 Å². The summed E-state index contributed by atoms with van der Waals surface area (Å²) in [5.41, 5.74) is 1.75. The third kappa shape index (κ3) is 2.03. The van der Waals surface area contributed by atoms with Crippen LogP contribution in [0.3, 0.4) is 0 Å². The molecule has 3 nitrogen and oxygen atoms in total. The van der Waals surface area contributed by atoms with Crippen molar-refractivity contribution in [1.29, 1.82) is 0 Å². The second-order valence-electron chi connectivity index (χ2n) is 2.72. The van der Waals surface area contributed by atoms with Crippen LogP contribution in [-0.4, -0.2) is 10.1 Å². The van der Waals surface area contributed by atoms with E-state index in [9.17, 15) is 5.11 Å². The smallest absolute Gasteiger partial charge is 0.161 e. The molecule has 0 radical (unpaired) electrons. The van der Waals surface area contributed by atoms with Gasteiger partial charge in [0.25, 0.3) is 0 Å². The first-order valence-corrected chi connectivity index (χ1v) is 5.02. The summed E-state index contributed by atoms with van der Waals surface area (Å²) < 4.78 is 5.40. The molecule has 1 aromatic heterocycles. The van der Waals surface area contributed by atoms with E-state index in [1.165, 1.54) is 11.3 Å². The maximum absolute atomic E-state index is 9.40. The monoisotopic (exact) mass is 207 g/mol. The molecule has 0 fully saturated rings. The van der Waals surface area contributed by atoms with Crippen molar-refractivity contribution in [2.24, 2.45) is 0 Å². The average Bonchev–Trinajstić information content (AvgIpc) is 2.69. The summed E-state index contributed by atoms with van der Waals surface area (Å²) in [6.07, 6.45) is 1.75. The van der Waals surface area contributed by atoms with Crippen molar-refractivity contribution in [3.05, 3.63) is 40.8 Å². The maximum Gasteiger partial charge on any atom is 0.161 e. The molecule has 1 heterocycles. The number of hydrogen-bond donors (Lipinski definition) is 1. The molecule has 0 saturated carbocycles. The number of aromatic nitrogens is 1. The summed E-state index contributed by atoms with van der Waals surface area (Å²) in [5.74, 6) is 0.665. The van der Waals surface area contributed by atoms with Crippen LogP contribution >= 0.6 is 11.3 Å². The van der Waals surface area contributed by atoms with E-state index >= 15 is 0 Å². The zero-order chi connectivity index (χ0) is 9.80. The Balaban J connectivity index is 2.02. The van der Waals surface area contributed by atoms with E-state index in [4.69, 9.17) is 4.74 Å². The molecule has 4 heteroatoms. The lowest BCUT2D eigenvalue weighted by Gasteiger charge is -2.05. The van der Waals surface area contributed by atoms with Crippen molar-refractivity contribution in [2.75, 3.05) is 0 Å². The number of phenols is 1. The van der Waals surface area contributed by atoms with Crippen LogP contribution < -0.4 is 4.74 Å². The molecule has 0 amide bonds. The molecule has 1 N–H and O–H groups in total. The van der Waals surface area contributed by atoms with Crippen LogP contribution in [0.4, 0.5) is 0 Å². The Kier molecular flexibility index (Phi) is 2.65. The van der Waals surface area contributed by atoms with E-state index in [2.05, 4.69) is 4.98 Å². The minimum Gasteiger partial charge on any atom is -0.504 e. The molecular weight excluding hydrogens is 198 g/mol. The lowest BCUT2D eigenvalue weighted by molar-refractivity contribution is 0.292. The van der Waals surface area contributed by atoms with Gasteiger partial charge in [0.15, 0.2) is 11.5 Å². The summed E-state index contributed by atoms with van der Waals surface area (Å²) in [6.45, 7) is 0.447. The first kappa shape index (κ1) is 9.02. The van der Waals surface area contributed by atoms with Crippen LogP contribution in [0.5, 0.6) is 11.5 Å². The van der Waals surface area contributed by atoms with Gasteiger partial charge in [0, 0.05) is 6.20 Å². The zero-order valence-electron chi connectivity index (χ0n) is 7.38. The predicted octanol–water partition coefficient (Wildman–Crippen LogP) is 2.43. The number of benzene rings is 1. The Labute approximate surface area is 85.6 Å². The van der Waals surface area contributed by atoms with Gasteiger partial charge in [0.2, 0.25) is 0 Å². The molecule has 0 atom stereocenters. The third-order valence-corrected chi connectivity index (χ3v) is 2.47. The van der Waals surface area contributed by atoms with E-state index < -0.39 is 0 Å². The number of ether oxygens (including phenoxy) is 1. The molecule has 14 heavy (non-hydrogen) atoms. The lowest BCUT2D eigenvalue weighted by Crippen LogP contribution is -1.92. The standard InChI is InChI=1S/C10H9NO2S/c12-9-3-1-2-4-10(9)13-6-8-5-11-7-14-8/h1-5,7,12H,6H2. The second-order valence-corrected chi connectivity index (χ2v) is 3.70. The minimum absolute atomic E-state index is 0.164. The van der Waals surface area contributed by atoms with Crippen LogP contribution in [0.25, 0.3) is 0 Å². The third-order valence-electron chi connectivity index (χ3n) is 1.72. The lowest BCUT2D eigenvalue weighted by atomic mass is 10.3. The fraction of sp³-hybridized carbons (Fsp3) is 0.100. The molecule has 0 unspecified atom stereocenters. The van der Waals surface area contributed by atoms with E-state index in [-0.39, 0.29) is 5.75 Å². The minimum atomic E-state index is 0.164. The van der Waals surface area contributed by atoms with Gasteiger partial charge in [0.1, 0.15) is 6.61 Å². The fourth-order valence-electron chi connectivity index (χ4n) is 1.04. The van der Waals surface area contributed by atoms with Crippen molar-refractivity contribution in [2.45, 2.75) is 6.61 Å². The van der Waals surface area contributed by atoms with Gasteiger partial charge >= 0.3 is 0 Å². The van der Waals surface area contributed by atoms with Crippen molar-refractivity contribution in [3.8, 4) is 11.5 Å². The van der Waals surface area contributed by atoms with E-state index in [0.717, 1.165) is 4.88 Å². The number of thiazole rings is 1. The largest absolute Gasteiger partial charge is 0.504 e. The molecule has 0 aliphatic carbocycles. The van der Waals surface area contributed by atoms with Crippen LogP contribution in [-0.2, 0) is 6.61 Å². The van der Waals surface area contributed by atoms with Gasteiger partial charge in [0.05, 0.1) is 10.4 Å². The zero-order valence-corrected chi connectivity index (χ0v) is 8.20. The van der Waals surface area contributed by atoms with E-state index in [1.807, 2.05) is 6.07 Å². The Bertz CT molecular complexity index is 400. The van der Waals surface area contributed by atoms with Crippen molar-refractivity contribution < 1.29 is 9.84 Å². The van der Waals surface area contributed by atoms with Crippen LogP contribution in [0, 0.1) is 0 Å². The number of hydrogen-bond acceptors (Lipinski definition) is 4. The highest BCUT2D eigenvalue weighted by Crippen LogP contribution is 2.25. The average molecular weight is 207 g/mol. The van der Waals surface area contributed by atoms with Crippen molar-refractivity contribution in [1.82, 2.24) is 4.98 Å². The quantitative estimate of drug-likeness (QED) is 0.840. The molecule has 0 aliphatic heterocycles. The second kappa shape index (κ2) is 4.11. The van der Waals surface area contributed by atoms with E-state index in [0.29, 0.717) is 12.4 Å². The summed E-state index contributed by atoms with van der Waals surface area (Å²) >= 11 is 1.53. The highest BCUT2D eigenvalue weighted by Gasteiger charge is 2.01. The van der Waals surface area contributed by atoms with E-state index in [1.54, 1.807) is 29.9 Å². The van der Waals surface area contributed by atoms with Crippen molar-refractivity contribution >= 4 is 11.3 Å². The first-order chi connectivity index (χ1) is 6.86. The van der Waals surface area contributed by atoms with Crippen LogP contribution in [0.1, 0.15) is 4.88 Å². The predicted molar refractivity (Wildman–Crippen MR) is 54.6 cm³/mol.